The van der Waals surface area contributed by atoms with Gasteiger partial charge in [-0.3, -0.25) is 19.4 Å². The van der Waals surface area contributed by atoms with Gasteiger partial charge in [-0.1, -0.05) is 12.1 Å². The third-order valence-electron chi connectivity index (χ3n) is 6.16. The lowest BCUT2D eigenvalue weighted by Gasteiger charge is -2.34. The Morgan fingerprint density at radius 2 is 1.85 bits per heavy atom. The van der Waals surface area contributed by atoms with E-state index in [9.17, 15) is 27.6 Å². The summed E-state index contributed by atoms with van der Waals surface area (Å²) in [7, 11) is 0. The molecule has 0 bridgehead atoms. The number of carbonyl (C=O) groups is 2. The average Bonchev–Trinajstić information content (AvgIpc) is 2.68. The Morgan fingerprint density at radius 3 is 2.45 bits per heavy atom. The summed E-state index contributed by atoms with van der Waals surface area (Å²) < 4.78 is 52.1. The van der Waals surface area contributed by atoms with Crippen molar-refractivity contribution in [2.75, 3.05) is 0 Å². The van der Waals surface area contributed by atoms with Crippen LogP contribution in [0.15, 0.2) is 49.7 Å². The van der Waals surface area contributed by atoms with Gasteiger partial charge in [0.05, 0.1) is 5.39 Å². The monoisotopic (exact) mass is 461 g/mol. The fourth-order valence-corrected chi connectivity index (χ4v) is 4.41. The quantitative estimate of drug-likeness (QED) is 0.612. The summed E-state index contributed by atoms with van der Waals surface area (Å²) in [5.41, 5.74) is -0.781. The number of esters is 1. The number of rotatable bonds is 4. The van der Waals surface area contributed by atoms with Crippen LogP contribution >= 0.6 is 0 Å². The minimum atomic E-state index is -5.18. The van der Waals surface area contributed by atoms with Gasteiger partial charge in [0.25, 0.3) is 5.78 Å². The second kappa shape index (κ2) is 8.28. The number of hydrogen-bond donors (Lipinski definition) is 0. The Morgan fingerprint density at radius 1 is 1.15 bits per heavy atom. The van der Waals surface area contributed by atoms with E-state index in [1.54, 1.807) is 0 Å². The predicted octanol–water partition coefficient (Wildman–Crippen LogP) is 4.78. The number of halogens is 3. The van der Waals surface area contributed by atoms with Crippen molar-refractivity contribution in [1.29, 1.82) is 0 Å². The van der Waals surface area contributed by atoms with Crippen molar-refractivity contribution in [3.8, 4) is 0 Å². The van der Waals surface area contributed by atoms with Crippen LogP contribution in [-0.2, 0) is 14.3 Å². The van der Waals surface area contributed by atoms with E-state index in [0.29, 0.717) is 12.8 Å². The van der Waals surface area contributed by atoms with Crippen molar-refractivity contribution in [3.05, 3.63) is 57.1 Å². The summed E-state index contributed by atoms with van der Waals surface area (Å²) in [6, 6.07) is 5.71. The second-order valence-corrected chi connectivity index (χ2v) is 8.47. The lowest BCUT2D eigenvalue weighted by atomic mass is 9.73. The van der Waals surface area contributed by atoms with Gasteiger partial charge in [0.1, 0.15) is 23.4 Å². The van der Waals surface area contributed by atoms with E-state index >= 15 is 0 Å². The number of Topliss-reactive ketones (excluding diaryl/α,β-unsaturated/α-hetero) is 1. The standard InChI is InChI=1S/C24H22F3NO5/c1-11-10-17(29)15-8-5-9-16(21(15)32-11)20-18(22(30)24(25,26)27)12(2)28-13(3)19(20)23(31)33-14-6-4-7-14/h5,8-10,14,19-20H,4,6-7H2,1-3H3. The van der Waals surface area contributed by atoms with Crippen molar-refractivity contribution in [1.82, 2.24) is 0 Å². The highest BCUT2D eigenvalue weighted by Gasteiger charge is 2.50. The van der Waals surface area contributed by atoms with Gasteiger partial charge in [-0.25, -0.2) is 0 Å². The molecular formula is C24H22F3NO5. The van der Waals surface area contributed by atoms with E-state index < -0.39 is 35.3 Å². The van der Waals surface area contributed by atoms with Crippen LogP contribution < -0.4 is 5.43 Å². The highest BCUT2D eigenvalue weighted by Crippen LogP contribution is 2.44. The van der Waals surface area contributed by atoms with E-state index in [-0.39, 0.29) is 45.2 Å². The molecule has 0 N–H and O–H groups in total. The van der Waals surface area contributed by atoms with Crippen molar-refractivity contribution in [2.24, 2.45) is 10.9 Å². The first kappa shape index (κ1) is 22.9. The Bertz CT molecular complexity index is 1270. The van der Waals surface area contributed by atoms with Crippen LogP contribution in [0.2, 0.25) is 0 Å². The van der Waals surface area contributed by atoms with Crippen molar-refractivity contribution >= 4 is 28.4 Å². The molecule has 2 aliphatic rings. The lowest BCUT2D eigenvalue weighted by Crippen LogP contribution is -2.41. The maximum absolute atomic E-state index is 13.6. The first-order chi connectivity index (χ1) is 15.5. The Kier molecular flexibility index (Phi) is 5.76. The van der Waals surface area contributed by atoms with Gasteiger partial charge in [-0.05, 0) is 46.1 Å². The number of benzene rings is 1. The molecule has 2 unspecified atom stereocenters. The summed E-state index contributed by atoms with van der Waals surface area (Å²) in [5, 5.41) is 0.140. The van der Waals surface area contributed by atoms with E-state index in [2.05, 4.69) is 4.99 Å². The number of ketones is 1. The minimum absolute atomic E-state index is 0.0314. The molecule has 1 aromatic heterocycles. The molecule has 0 amide bonds. The highest BCUT2D eigenvalue weighted by molar-refractivity contribution is 6.10. The lowest BCUT2D eigenvalue weighted by molar-refractivity contribution is -0.167. The van der Waals surface area contributed by atoms with Gasteiger partial charge < -0.3 is 9.15 Å². The second-order valence-electron chi connectivity index (χ2n) is 8.47. The van der Waals surface area contributed by atoms with E-state index in [1.165, 1.54) is 45.0 Å². The molecule has 0 radical (unpaired) electrons. The number of aliphatic imine (C=N–C) groups is 1. The molecule has 1 fully saturated rings. The van der Waals surface area contributed by atoms with E-state index in [1.807, 2.05) is 0 Å². The fraction of sp³-hybridized carbons (Fsp3) is 0.417. The molecule has 0 spiro atoms. The molecule has 2 heterocycles. The third-order valence-corrected chi connectivity index (χ3v) is 6.16. The number of alkyl halides is 3. The molecule has 9 heteroatoms. The largest absolute Gasteiger partial charge is 0.462 e. The minimum Gasteiger partial charge on any atom is -0.462 e. The molecule has 1 saturated carbocycles. The number of carbonyl (C=O) groups excluding carboxylic acids is 2. The first-order valence-electron chi connectivity index (χ1n) is 10.6. The first-order valence-corrected chi connectivity index (χ1v) is 10.6. The number of ether oxygens (including phenoxy) is 1. The van der Waals surface area contributed by atoms with Crippen molar-refractivity contribution in [2.45, 2.75) is 58.2 Å². The number of para-hydroxylation sites is 1. The highest BCUT2D eigenvalue weighted by atomic mass is 19.4. The summed E-state index contributed by atoms with van der Waals surface area (Å²) >= 11 is 0. The van der Waals surface area contributed by atoms with Crippen LogP contribution in [0.5, 0.6) is 0 Å². The van der Waals surface area contributed by atoms with Gasteiger partial charge in [-0.15, -0.1) is 0 Å². The topological polar surface area (TPSA) is 85.9 Å². The van der Waals surface area contributed by atoms with E-state index in [4.69, 9.17) is 9.15 Å². The van der Waals surface area contributed by atoms with Crippen LogP contribution in [0, 0.1) is 12.8 Å². The molecule has 2 aromatic rings. The van der Waals surface area contributed by atoms with Crippen LogP contribution in [0.4, 0.5) is 13.2 Å². The number of fused-ring (bicyclic) bond motifs is 1. The molecule has 4 rings (SSSR count). The number of allylic oxidation sites excluding steroid dienone is 2. The Hall–Kier alpha value is -3.23. The smallest absolute Gasteiger partial charge is 0.454 e. The molecule has 0 saturated heterocycles. The van der Waals surface area contributed by atoms with Crippen molar-refractivity contribution in [3.63, 3.8) is 0 Å². The van der Waals surface area contributed by atoms with Crippen LogP contribution in [0.3, 0.4) is 0 Å². The summed E-state index contributed by atoms with van der Waals surface area (Å²) in [6.07, 6.45) is -3.26. The molecule has 6 nitrogen and oxygen atoms in total. The fourth-order valence-electron chi connectivity index (χ4n) is 4.41. The number of hydrogen-bond acceptors (Lipinski definition) is 6. The maximum atomic E-state index is 13.6. The van der Waals surface area contributed by atoms with Crippen molar-refractivity contribution < 1.29 is 31.9 Å². The zero-order chi connectivity index (χ0) is 24.1. The van der Waals surface area contributed by atoms with Gasteiger partial charge in [0, 0.05) is 34.5 Å². The Balaban J connectivity index is 1.97. The van der Waals surface area contributed by atoms with E-state index in [0.717, 1.165) is 6.42 Å². The van der Waals surface area contributed by atoms with Gasteiger partial charge >= 0.3 is 12.1 Å². The van der Waals surface area contributed by atoms with Gasteiger partial charge in [-0.2, -0.15) is 13.2 Å². The molecular weight excluding hydrogens is 439 g/mol. The summed E-state index contributed by atoms with van der Waals surface area (Å²) in [5.74, 6) is -5.24. The average molecular weight is 461 g/mol. The third kappa shape index (κ3) is 4.12. The molecule has 1 aliphatic carbocycles. The predicted molar refractivity (Wildman–Crippen MR) is 114 cm³/mol. The zero-order valence-corrected chi connectivity index (χ0v) is 18.3. The van der Waals surface area contributed by atoms with Crippen LogP contribution in [-0.4, -0.2) is 29.7 Å². The maximum Gasteiger partial charge on any atom is 0.454 e. The summed E-state index contributed by atoms with van der Waals surface area (Å²) in [6.45, 7) is 4.36. The molecule has 1 aliphatic heterocycles. The Labute approximate surface area is 187 Å². The van der Waals surface area contributed by atoms with Crippen LogP contribution in [0.1, 0.15) is 50.4 Å². The van der Waals surface area contributed by atoms with Gasteiger partial charge in [0.15, 0.2) is 5.43 Å². The zero-order valence-electron chi connectivity index (χ0n) is 18.3. The van der Waals surface area contributed by atoms with Gasteiger partial charge in [0.2, 0.25) is 0 Å². The molecule has 1 aromatic carbocycles. The molecule has 33 heavy (non-hydrogen) atoms. The summed E-state index contributed by atoms with van der Waals surface area (Å²) in [4.78, 5) is 42.4. The normalized spacial score (nSPS) is 21.6. The molecule has 2 atom stereocenters. The number of aryl methyl sites for hydroxylation is 1. The molecule has 174 valence electrons. The van der Waals surface area contributed by atoms with Crippen LogP contribution in [0.25, 0.3) is 11.0 Å². The number of nitrogens with zero attached hydrogens (tertiary/aromatic N) is 1. The SMILES string of the molecule is CC1=NC(C)=C(C(=O)C(F)(F)F)C(c2cccc3c(=O)cc(C)oc23)C1C(=O)OC1CCC1.